The summed E-state index contributed by atoms with van der Waals surface area (Å²) in [5.74, 6) is 1.04. The molecular formula is C23H28N6O2. The molecule has 0 atom stereocenters. The predicted octanol–water partition coefficient (Wildman–Crippen LogP) is 3.55. The van der Waals surface area contributed by atoms with E-state index in [1.165, 1.54) is 12.2 Å². The highest BCUT2D eigenvalue weighted by Gasteiger charge is 2.23. The summed E-state index contributed by atoms with van der Waals surface area (Å²) in [7, 11) is 0. The molecule has 2 amide bonds. The van der Waals surface area contributed by atoms with Crippen LogP contribution in [0.4, 0.5) is 23.3 Å². The third kappa shape index (κ3) is 5.69. The Bertz CT molecular complexity index is 996. The van der Waals surface area contributed by atoms with Crippen molar-refractivity contribution in [2.45, 2.75) is 32.7 Å². The summed E-state index contributed by atoms with van der Waals surface area (Å²) in [5.41, 5.74) is 2.69. The van der Waals surface area contributed by atoms with Gasteiger partial charge in [0.05, 0.1) is 0 Å². The molecule has 1 saturated heterocycles. The van der Waals surface area contributed by atoms with Gasteiger partial charge in [0.25, 0.3) is 0 Å². The van der Waals surface area contributed by atoms with Crippen molar-refractivity contribution in [1.29, 1.82) is 0 Å². The zero-order chi connectivity index (χ0) is 22.4. The average molecular weight is 421 g/mol. The monoisotopic (exact) mass is 420 g/mol. The maximum absolute atomic E-state index is 11.9. The van der Waals surface area contributed by atoms with E-state index < -0.39 is 0 Å². The number of amides is 2. The Balaban J connectivity index is 1.83. The fourth-order valence-electron chi connectivity index (χ4n) is 3.42. The van der Waals surface area contributed by atoms with Crippen LogP contribution in [0, 0.1) is 13.8 Å². The lowest BCUT2D eigenvalue weighted by Gasteiger charge is -2.32. The molecule has 8 nitrogen and oxygen atoms in total. The van der Waals surface area contributed by atoms with Crippen LogP contribution in [-0.4, -0.2) is 45.8 Å². The molecule has 0 spiro atoms. The minimum absolute atomic E-state index is 0.0456. The molecule has 1 aromatic carbocycles. The second-order valence-electron chi connectivity index (χ2n) is 7.51. The van der Waals surface area contributed by atoms with E-state index in [9.17, 15) is 9.59 Å². The SMILES string of the molecule is C=CC(=O)Nc1nc(Nc2cccc(C)c2)nc(NC2CCN(C(=O)C=C)CC2)c1C. The van der Waals surface area contributed by atoms with Crippen molar-refractivity contribution in [2.75, 3.05) is 29.0 Å². The Morgan fingerprint density at radius 1 is 1.10 bits per heavy atom. The van der Waals surface area contributed by atoms with Gasteiger partial charge in [-0.05, 0) is 56.5 Å². The van der Waals surface area contributed by atoms with Crippen molar-refractivity contribution in [3.8, 4) is 0 Å². The number of carbonyl (C=O) groups excluding carboxylic acids is 2. The molecule has 2 aromatic rings. The van der Waals surface area contributed by atoms with Gasteiger partial charge in [0.1, 0.15) is 11.6 Å². The van der Waals surface area contributed by atoms with Crippen molar-refractivity contribution >= 4 is 35.1 Å². The molecule has 1 aromatic heterocycles. The lowest BCUT2D eigenvalue weighted by molar-refractivity contribution is -0.126. The van der Waals surface area contributed by atoms with Crippen LogP contribution in [0.1, 0.15) is 24.0 Å². The molecule has 2 heterocycles. The molecule has 3 N–H and O–H groups in total. The molecule has 0 saturated carbocycles. The smallest absolute Gasteiger partial charge is 0.248 e. The minimum atomic E-state index is -0.342. The third-order valence-electron chi connectivity index (χ3n) is 5.17. The Hall–Kier alpha value is -3.68. The maximum Gasteiger partial charge on any atom is 0.248 e. The number of hydrogen-bond acceptors (Lipinski definition) is 6. The van der Waals surface area contributed by atoms with Crippen molar-refractivity contribution in [3.05, 3.63) is 60.7 Å². The Morgan fingerprint density at radius 3 is 2.45 bits per heavy atom. The lowest BCUT2D eigenvalue weighted by Crippen LogP contribution is -2.41. The highest BCUT2D eigenvalue weighted by atomic mass is 16.2. The van der Waals surface area contributed by atoms with Gasteiger partial charge in [-0.1, -0.05) is 25.3 Å². The van der Waals surface area contributed by atoms with Crippen LogP contribution in [0.5, 0.6) is 0 Å². The molecule has 31 heavy (non-hydrogen) atoms. The molecule has 1 fully saturated rings. The predicted molar refractivity (Wildman–Crippen MR) is 123 cm³/mol. The summed E-state index contributed by atoms with van der Waals surface area (Å²) in [4.78, 5) is 34.6. The Kier molecular flexibility index (Phi) is 7.02. The summed E-state index contributed by atoms with van der Waals surface area (Å²) in [6.07, 6.45) is 4.13. The topological polar surface area (TPSA) is 99.2 Å². The van der Waals surface area contributed by atoms with E-state index in [0.29, 0.717) is 30.7 Å². The van der Waals surface area contributed by atoms with Gasteiger partial charge in [0, 0.05) is 30.4 Å². The maximum atomic E-state index is 11.9. The zero-order valence-corrected chi connectivity index (χ0v) is 17.9. The summed E-state index contributed by atoms with van der Waals surface area (Å²) < 4.78 is 0. The number of piperidine rings is 1. The van der Waals surface area contributed by atoms with Gasteiger partial charge in [-0.2, -0.15) is 9.97 Å². The number of nitrogens with one attached hydrogen (secondary N) is 3. The first-order valence-corrected chi connectivity index (χ1v) is 10.2. The van der Waals surface area contributed by atoms with Gasteiger partial charge in [-0.15, -0.1) is 0 Å². The molecule has 3 rings (SSSR count). The zero-order valence-electron chi connectivity index (χ0n) is 17.9. The summed E-state index contributed by atoms with van der Waals surface area (Å²) in [6.45, 7) is 12.2. The largest absolute Gasteiger partial charge is 0.367 e. The van der Waals surface area contributed by atoms with Crippen LogP contribution in [-0.2, 0) is 9.59 Å². The van der Waals surface area contributed by atoms with E-state index in [2.05, 4.69) is 39.1 Å². The lowest BCUT2D eigenvalue weighted by atomic mass is 10.0. The van der Waals surface area contributed by atoms with Crippen molar-refractivity contribution in [2.24, 2.45) is 0 Å². The van der Waals surface area contributed by atoms with Crippen LogP contribution in [0.2, 0.25) is 0 Å². The number of likely N-dealkylation sites (tertiary alicyclic amines) is 1. The van der Waals surface area contributed by atoms with E-state index in [1.807, 2.05) is 38.1 Å². The number of aromatic nitrogens is 2. The number of carbonyl (C=O) groups is 2. The number of rotatable bonds is 7. The number of benzene rings is 1. The first-order chi connectivity index (χ1) is 14.9. The fraction of sp³-hybridized carbons (Fsp3) is 0.304. The van der Waals surface area contributed by atoms with Gasteiger partial charge >= 0.3 is 0 Å². The van der Waals surface area contributed by atoms with Crippen LogP contribution in [0.25, 0.3) is 0 Å². The highest BCUT2D eigenvalue weighted by Crippen LogP contribution is 2.26. The van der Waals surface area contributed by atoms with Gasteiger partial charge in [-0.3, -0.25) is 9.59 Å². The van der Waals surface area contributed by atoms with Crippen LogP contribution in [0.3, 0.4) is 0 Å². The Labute approximate surface area is 182 Å². The van der Waals surface area contributed by atoms with Crippen molar-refractivity contribution in [1.82, 2.24) is 14.9 Å². The summed E-state index contributed by atoms with van der Waals surface area (Å²) >= 11 is 0. The van der Waals surface area contributed by atoms with Gasteiger partial charge in [0.15, 0.2) is 0 Å². The quantitative estimate of drug-likeness (QED) is 0.593. The summed E-state index contributed by atoms with van der Waals surface area (Å²) in [5, 5.41) is 9.42. The van der Waals surface area contributed by atoms with E-state index >= 15 is 0 Å². The second kappa shape index (κ2) is 9.88. The van der Waals surface area contributed by atoms with Gasteiger partial charge in [0.2, 0.25) is 17.8 Å². The first kappa shape index (κ1) is 22.0. The third-order valence-corrected chi connectivity index (χ3v) is 5.17. The first-order valence-electron chi connectivity index (χ1n) is 10.2. The molecule has 0 radical (unpaired) electrons. The number of hydrogen-bond donors (Lipinski definition) is 3. The molecule has 1 aliphatic rings. The number of nitrogens with zero attached hydrogens (tertiary/aromatic N) is 3. The molecular weight excluding hydrogens is 392 g/mol. The highest BCUT2D eigenvalue weighted by molar-refractivity contribution is 5.99. The van der Waals surface area contributed by atoms with Crippen LogP contribution >= 0.6 is 0 Å². The van der Waals surface area contributed by atoms with E-state index in [-0.39, 0.29) is 17.9 Å². The fourth-order valence-corrected chi connectivity index (χ4v) is 3.42. The van der Waals surface area contributed by atoms with Crippen molar-refractivity contribution < 1.29 is 9.59 Å². The van der Waals surface area contributed by atoms with Crippen LogP contribution < -0.4 is 16.0 Å². The van der Waals surface area contributed by atoms with Gasteiger partial charge in [-0.25, -0.2) is 0 Å². The molecule has 162 valence electrons. The average Bonchev–Trinajstić information content (AvgIpc) is 2.76. The van der Waals surface area contributed by atoms with E-state index in [1.54, 1.807) is 4.90 Å². The van der Waals surface area contributed by atoms with E-state index in [4.69, 9.17) is 0 Å². The second-order valence-corrected chi connectivity index (χ2v) is 7.51. The molecule has 0 unspecified atom stereocenters. The minimum Gasteiger partial charge on any atom is -0.367 e. The van der Waals surface area contributed by atoms with Crippen molar-refractivity contribution in [3.63, 3.8) is 0 Å². The van der Waals surface area contributed by atoms with Gasteiger partial charge < -0.3 is 20.9 Å². The van der Waals surface area contributed by atoms with E-state index in [0.717, 1.165) is 29.7 Å². The molecule has 8 heteroatoms. The number of anilines is 4. The summed E-state index contributed by atoms with van der Waals surface area (Å²) in [6, 6.07) is 8.02. The molecule has 0 bridgehead atoms. The number of aryl methyl sites for hydroxylation is 1. The Morgan fingerprint density at radius 2 is 1.81 bits per heavy atom. The van der Waals surface area contributed by atoms with Crippen LogP contribution in [0.15, 0.2) is 49.6 Å². The molecule has 1 aliphatic heterocycles. The molecule has 0 aliphatic carbocycles. The normalized spacial score (nSPS) is 13.9. The standard InChI is InChI=1S/C23H28N6O2/c1-5-19(30)26-22-16(4)21(24-17-10-12-29(13-11-17)20(31)6-2)27-23(28-22)25-18-9-7-8-15(3)14-18/h5-9,14,17H,1-2,10-13H2,3-4H3,(H3,24,25,26,27,28,30).